The van der Waals surface area contributed by atoms with Crippen molar-refractivity contribution in [3.63, 3.8) is 0 Å². The van der Waals surface area contributed by atoms with Crippen molar-refractivity contribution in [1.82, 2.24) is 0 Å². The molecule has 5 heteroatoms. The van der Waals surface area contributed by atoms with Gasteiger partial charge in [-0.3, -0.25) is 9.59 Å². The van der Waals surface area contributed by atoms with Gasteiger partial charge in [0.2, 0.25) is 11.8 Å². The van der Waals surface area contributed by atoms with Crippen molar-refractivity contribution < 1.29 is 14.0 Å². The number of benzene rings is 2. The summed E-state index contributed by atoms with van der Waals surface area (Å²) in [6.07, 6.45) is 0.756. The van der Waals surface area contributed by atoms with Crippen LogP contribution in [0.5, 0.6) is 0 Å². The maximum atomic E-state index is 13.2. The lowest BCUT2D eigenvalue weighted by atomic mass is 10.0. The van der Waals surface area contributed by atoms with Gasteiger partial charge in [-0.05, 0) is 42.7 Å². The molecule has 2 aromatic carbocycles. The summed E-state index contributed by atoms with van der Waals surface area (Å²) in [7, 11) is 0. The molecule has 0 spiro atoms. The molecule has 0 fully saturated rings. The van der Waals surface area contributed by atoms with E-state index in [1.165, 1.54) is 30.0 Å². The molecule has 2 rings (SSSR count). The average molecular weight is 328 g/mol. The second-order valence-electron chi connectivity index (χ2n) is 5.60. The molecule has 0 aliphatic carbocycles. The van der Waals surface area contributed by atoms with Crippen molar-refractivity contribution in [3.8, 4) is 0 Å². The van der Waals surface area contributed by atoms with Crippen LogP contribution < -0.4 is 10.2 Å². The van der Waals surface area contributed by atoms with E-state index < -0.39 is 5.82 Å². The fourth-order valence-corrected chi connectivity index (χ4v) is 2.65. The second kappa shape index (κ2) is 7.73. The first-order chi connectivity index (χ1) is 11.4. The standard InChI is InChI=1S/C19H21FN2O2/c1-4-15-8-5-7-13(2)19(15)22(14(3)23)12-18(24)21-17-10-6-9-16(20)11-17/h5-11H,4,12H2,1-3H3,(H,21,24). The molecule has 0 bridgehead atoms. The summed E-state index contributed by atoms with van der Waals surface area (Å²) in [4.78, 5) is 25.8. The maximum Gasteiger partial charge on any atom is 0.244 e. The fourth-order valence-electron chi connectivity index (χ4n) is 2.65. The van der Waals surface area contributed by atoms with E-state index in [2.05, 4.69) is 5.32 Å². The van der Waals surface area contributed by atoms with E-state index in [4.69, 9.17) is 0 Å². The number of aryl methyl sites for hydroxylation is 2. The average Bonchev–Trinajstić information content (AvgIpc) is 2.52. The van der Waals surface area contributed by atoms with Crippen molar-refractivity contribution in [2.24, 2.45) is 0 Å². The number of para-hydroxylation sites is 1. The van der Waals surface area contributed by atoms with Crippen LogP contribution in [0.4, 0.5) is 15.8 Å². The van der Waals surface area contributed by atoms with Crippen molar-refractivity contribution in [3.05, 3.63) is 59.4 Å². The molecule has 0 heterocycles. The summed E-state index contributed by atoms with van der Waals surface area (Å²) in [6.45, 7) is 5.23. The zero-order valence-electron chi connectivity index (χ0n) is 14.1. The van der Waals surface area contributed by atoms with Crippen LogP contribution in [0.3, 0.4) is 0 Å². The molecule has 0 radical (unpaired) electrons. The molecular formula is C19H21FN2O2. The summed E-state index contributed by atoms with van der Waals surface area (Å²) in [6, 6.07) is 11.5. The normalized spacial score (nSPS) is 10.3. The molecule has 0 unspecified atom stereocenters. The van der Waals surface area contributed by atoms with Gasteiger partial charge < -0.3 is 10.2 Å². The van der Waals surface area contributed by atoms with E-state index in [1.807, 2.05) is 32.0 Å². The lowest BCUT2D eigenvalue weighted by molar-refractivity contribution is -0.120. The van der Waals surface area contributed by atoms with Crippen LogP contribution in [0.25, 0.3) is 0 Å². The Labute approximate surface area is 141 Å². The van der Waals surface area contributed by atoms with Gasteiger partial charge in [-0.2, -0.15) is 0 Å². The van der Waals surface area contributed by atoms with Crippen LogP contribution >= 0.6 is 0 Å². The van der Waals surface area contributed by atoms with Crippen LogP contribution in [-0.2, 0) is 16.0 Å². The molecule has 0 saturated heterocycles. The summed E-state index contributed by atoms with van der Waals surface area (Å²) in [5, 5.41) is 2.62. The van der Waals surface area contributed by atoms with E-state index in [1.54, 1.807) is 6.07 Å². The second-order valence-corrected chi connectivity index (χ2v) is 5.60. The molecule has 24 heavy (non-hydrogen) atoms. The first kappa shape index (κ1) is 17.7. The number of halogens is 1. The molecule has 0 atom stereocenters. The highest BCUT2D eigenvalue weighted by atomic mass is 19.1. The van der Waals surface area contributed by atoms with Crippen molar-refractivity contribution >= 4 is 23.2 Å². The number of anilines is 2. The smallest absolute Gasteiger partial charge is 0.244 e. The number of carbonyl (C=O) groups excluding carboxylic acids is 2. The highest BCUT2D eigenvalue weighted by Gasteiger charge is 2.20. The summed E-state index contributed by atoms with van der Waals surface area (Å²) in [5.74, 6) is -1.02. The molecule has 0 aliphatic rings. The molecule has 1 N–H and O–H groups in total. The van der Waals surface area contributed by atoms with Gasteiger partial charge in [0.15, 0.2) is 0 Å². The number of nitrogens with one attached hydrogen (secondary N) is 1. The van der Waals surface area contributed by atoms with E-state index in [-0.39, 0.29) is 18.4 Å². The topological polar surface area (TPSA) is 49.4 Å². The molecule has 2 amide bonds. The third-order valence-electron chi connectivity index (χ3n) is 3.76. The lowest BCUT2D eigenvalue weighted by Crippen LogP contribution is -2.37. The summed E-state index contributed by atoms with van der Waals surface area (Å²) < 4.78 is 13.2. The number of hydrogen-bond donors (Lipinski definition) is 1. The maximum absolute atomic E-state index is 13.2. The predicted molar refractivity (Wildman–Crippen MR) is 93.6 cm³/mol. The minimum atomic E-state index is -0.427. The van der Waals surface area contributed by atoms with Crippen molar-refractivity contribution in [2.45, 2.75) is 27.2 Å². The first-order valence-electron chi connectivity index (χ1n) is 7.84. The largest absolute Gasteiger partial charge is 0.324 e. The molecule has 0 saturated carbocycles. The number of rotatable bonds is 5. The van der Waals surface area contributed by atoms with Crippen LogP contribution in [0.2, 0.25) is 0 Å². The van der Waals surface area contributed by atoms with Gasteiger partial charge in [-0.15, -0.1) is 0 Å². The Hall–Kier alpha value is -2.69. The Morgan fingerprint density at radius 2 is 1.88 bits per heavy atom. The summed E-state index contributed by atoms with van der Waals surface area (Å²) in [5.41, 5.74) is 3.07. The molecule has 0 aliphatic heterocycles. The van der Waals surface area contributed by atoms with E-state index in [0.717, 1.165) is 23.2 Å². The summed E-state index contributed by atoms with van der Waals surface area (Å²) >= 11 is 0. The third kappa shape index (κ3) is 4.19. The predicted octanol–water partition coefficient (Wildman–Crippen LogP) is 3.69. The quantitative estimate of drug-likeness (QED) is 0.910. The number of carbonyl (C=O) groups is 2. The Morgan fingerprint density at radius 3 is 2.50 bits per heavy atom. The van der Waals surface area contributed by atoms with Gasteiger partial charge >= 0.3 is 0 Å². The van der Waals surface area contributed by atoms with Crippen LogP contribution in [-0.4, -0.2) is 18.4 Å². The first-order valence-corrected chi connectivity index (χ1v) is 7.84. The Balaban J connectivity index is 2.23. The van der Waals surface area contributed by atoms with Gasteiger partial charge in [0, 0.05) is 12.6 Å². The number of amides is 2. The fraction of sp³-hybridized carbons (Fsp3) is 0.263. The minimum Gasteiger partial charge on any atom is -0.324 e. The monoisotopic (exact) mass is 328 g/mol. The zero-order valence-corrected chi connectivity index (χ0v) is 14.1. The van der Waals surface area contributed by atoms with Gasteiger partial charge in [0.1, 0.15) is 12.4 Å². The van der Waals surface area contributed by atoms with Gasteiger partial charge in [0.05, 0.1) is 5.69 Å². The van der Waals surface area contributed by atoms with E-state index in [9.17, 15) is 14.0 Å². The van der Waals surface area contributed by atoms with Gasteiger partial charge in [-0.25, -0.2) is 4.39 Å². The molecule has 0 aromatic heterocycles. The Bertz CT molecular complexity index is 759. The third-order valence-corrected chi connectivity index (χ3v) is 3.76. The Morgan fingerprint density at radius 1 is 1.17 bits per heavy atom. The number of hydrogen-bond acceptors (Lipinski definition) is 2. The Kier molecular flexibility index (Phi) is 5.68. The number of nitrogens with zero attached hydrogens (tertiary/aromatic N) is 1. The molecule has 4 nitrogen and oxygen atoms in total. The van der Waals surface area contributed by atoms with Crippen LogP contribution in [0.15, 0.2) is 42.5 Å². The van der Waals surface area contributed by atoms with Gasteiger partial charge in [-0.1, -0.05) is 31.2 Å². The SMILES string of the molecule is CCc1cccc(C)c1N(CC(=O)Nc1cccc(F)c1)C(C)=O. The highest BCUT2D eigenvalue weighted by Crippen LogP contribution is 2.26. The lowest BCUT2D eigenvalue weighted by Gasteiger charge is -2.25. The van der Waals surface area contributed by atoms with E-state index in [0.29, 0.717) is 5.69 Å². The van der Waals surface area contributed by atoms with E-state index >= 15 is 0 Å². The van der Waals surface area contributed by atoms with Crippen molar-refractivity contribution in [2.75, 3.05) is 16.8 Å². The van der Waals surface area contributed by atoms with Crippen molar-refractivity contribution in [1.29, 1.82) is 0 Å². The van der Waals surface area contributed by atoms with Crippen LogP contribution in [0.1, 0.15) is 25.0 Å². The zero-order chi connectivity index (χ0) is 17.7. The molecule has 2 aromatic rings. The van der Waals surface area contributed by atoms with Crippen LogP contribution in [0, 0.1) is 12.7 Å². The molecular weight excluding hydrogens is 307 g/mol. The highest BCUT2D eigenvalue weighted by molar-refractivity contribution is 6.02. The molecule has 126 valence electrons. The van der Waals surface area contributed by atoms with Gasteiger partial charge in [0.25, 0.3) is 0 Å². The minimum absolute atomic E-state index is 0.121.